The van der Waals surface area contributed by atoms with Crippen LogP contribution in [0.25, 0.3) is 0 Å². The van der Waals surface area contributed by atoms with E-state index in [9.17, 15) is 4.79 Å². The van der Waals surface area contributed by atoms with E-state index in [2.05, 4.69) is 62.7 Å². The number of oxazole rings is 1. The minimum Gasteiger partial charge on any atom is -0.447 e. The minimum absolute atomic E-state index is 0.0823. The molecule has 1 atom stereocenters. The molecule has 2 aromatic rings. The van der Waals surface area contributed by atoms with Crippen LogP contribution < -0.4 is 0 Å². The van der Waals surface area contributed by atoms with Crippen LogP contribution in [0, 0.1) is 19.8 Å². The molecule has 2 heterocycles. The van der Waals surface area contributed by atoms with Crippen molar-refractivity contribution in [2.24, 2.45) is 5.92 Å². The molecule has 1 saturated heterocycles. The Morgan fingerprint density at radius 3 is 2.55 bits per heavy atom. The van der Waals surface area contributed by atoms with Crippen molar-refractivity contribution in [1.29, 1.82) is 0 Å². The number of rotatable bonds is 7. The highest BCUT2D eigenvalue weighted by Gasteiger charge is 2.24. The number of aryl methyl sites for hydroxylation is 2. The Morgan fingerprint density at radius 2 is 1.90 bits per heavy atom. The molecule has 1 aromatic carbocycles. The first kappa shape index (κ1) is 21.5. The maximum Gasteiger partial charge on any atom is 0.275 e. The van der Waals surface area contributed by atoms with Crippen molar-refractivity contribution in [2.45, 2.75) is 53.8 Å². The highest BCUT2D eigenvalue weighted by atomic mass is 16.5. The molecule has 0 unspecified atom stereocenters. The molecular formula is C23H33N3O3. The van der Waals surface area contributed by atoms with Gasteiger partial charge in [-0.3, -0.25) is 9.69 Å². The van der Waals surface area contributed by atoms with Gasteiger partial charge in [0.15, 0.2) is 5.69 Å². The average Bonchev–Trinajstić information content (AvgIpc) is 3.17. The maximum absolute atomic E-state index is 12.6. The normalized spacial score (nSPS) is 15.9. The third kappa shape index (κ3) is 5.46. The molecule has 3 rings (SSSR count). The zero-order valence-corrected chi connectivity index (χ0v) is 18.3. The summed E-state index contributed by atoms with van der Waals surface area (Å²) in [5.74, 6) is 0.991. The smallest absolute Gasteiger partial charge is 0.275 e. The molecule has 1 aliphatic rings. The summed E-state index contributed by atoms with van der Waals surface area (Å²) in [4.78, 5) is 21.3. The molecule has 0 N–H and O–H groups in total. The number of hydrogen-bond donors (Lipinski definition) is 0. The van der Waals surface area contributed by atoms with Crippen LogP contribution in [0.4, 0.5) is 0 Å². The van der Waals surface area contributed by atoms with Gasteiger partial charge < -0.3 is 14.1 Å². The van der Waals surface area contributed by atoms with E-state index in [0.29, 0.717) is 56.4 Å². The molecule has 29 heavy (non-hydrogen) atoms. The second-order valence-electron chi connectivity index (χ2n) is 8.35. The molecule has 1 fully saturated rings. The molecule has 0 aliphatic carbocycles. The van der Waals surface area contributed by atoms with E-state index in [1.165, 1.54) is 23.0 Å². The zero-order chi connectivity index (χ0) is 21.0. The van der Waals surface area contributed by atoms with E-state index in [-0.39, 0.29) is 5.91 Å². The van der Waals surface area contributed by atoms with Crippen LogP contribution in [-0.4, -0.2) is 53.0 Å². The number of morpholine rings is 1. The SMILES string of the molecule is Cc1ccc(CN(Cc2nc(C(=O)N3CCOCC3)co2)[C@@H](C)C(C)C)c(C)c1. The minimum atomic E-state index is -0.0823. The van der Waals surface area contributed by atoms with Gasteiger partial charge in [0, 0.05) is 25.7 Å². The van der Waals surface area contributed by atoms with Crippen molar-refractivity contribution in [3.05, 3.63) is 52.7 Å². The number of carbonyl (C=O) groups is 1. The molecule has 0 bridgehead atoms. The molecule has 1 amide bonds. The summed E-state index contributed by atoms with van der Waals surface area (Å²) in [6, 6.07) is 6.93. The van der Waals surface area contributed by atoms with Crippen molar-refractivity contribution in [2.75, 3.05) is 26.3 Å². The lowest BCUT2D eigenvalue weighted by molar-refractivity contribution is 0.0299. The lowest BCUT2D eigenvalue weighted by Crippen LogP contribution is -2.40. The molecule has 158 valence electrons. The van der Waals surface area contributed by atoms with Crippen molar-refractivity contribution < 1.29 is 13.9 Å². The van der Waals surface area contributed by atoms with E-state index in [4.69, 9.17) is 9.15 Å². The van der Waals surface area contributed by atoms with Gasteiger partial charge in [0.2, 0.25) is 5.89 Å². The van der Waals surface area contributed by atoms with Gasteiger partial charge in [0.25, 0.3) is 5.91 Å². The predicted molar refractivity (Wildman–Crippen MR) is 113 cm³/mol. The summed E-state index contributed by atoms with van der Waals surface area (Å²) in [6.07, 6.45) is 1.49. The number of benzene rings is 1. The number of carbonyl (C=O) groups excluding carboxylic acids is 1. The topological polar surface area (TPSA) is 58.8 Å². The monoisotopic (exact) mass is 399 g/mol. The quantitative estimate of drug-likeness (QED) is 0.709. The Labute approximate surface area is 173 Å². The standard InChI is InChI=1S/C23H33N3O3/c1-16(2)19(5)26(13-20-7-6-17(3)12-18(20)4)14-22-24-21(15-29-22)23(27)25-8-10-28-11-9-25/h6-7,12,15-16,19H,8-11,13-14H2,1-5H3/t19-/m0/s1. The Bertz CT molecular complexity index is 825. The first-order valence-electron chi connectivity index (χ1n) is 10.5. The van der Waals surface area contributed by atoms with Gasteiger partial charge in [-0.25, -0.2) is 4.98 Å². The van der Waals surface area contributed by atoms with Gasteiger partial charge in [0.05, 0.1) is 19.8 Å². The fourth-order valence-corrected chi connectivity index (χ4v) is 3.59. The molecule has 6 nitrogen and oxygen atoms in total. The Hall–Kier alpha value is -2.18. The molecule has 0 spiro atoms. The van der Waals surface area contributed by atoms with Crippen LogP contribution >= 0.6 is 0 Å². The number of ether oxygens (including phenoxy) is 1. The van der Waals surface area contributed by atoms with Crippen LogP contribution in [-0.2, 0) is 17.8 Å². The highest BCUT2D eigenvalue weighted by molar-refractivity contribution is 5.92. The third-order valence-electron chi connectivity index (χ3n) is 5.82. The summed E-state index contributed by atoms with van der Waals surface area (Å²) in [5.41, 5.74) is 4.25. The summed E-state index contributed by atoms with van der Waals surface area (Å²) in [5, 5.41) is 0. The molecule has 1 aromatic heterocycles. The lowest BCUT2D eigenvalue weighted by atomic mass is 10.0. The summed E-state index contributed by atoms with van der Waals surface area (Å²) in [7, 11) is 0. The van der Waals surface area contributed by atoms with Crippen LogP contribution in [0.3, 0.4) is 0 Å². The molecule has 0 radical (unpaired) electrons. The number of nitrogens with zero attached hydrogens (tertiary/aromatic N) is 3. The second-order valence-corrected chi connectivity index (χ2v) is 8.35. The van der Waals surface area contributed by atoms with Crippen LogP contribution in [0.5, 0.6) is 0 Å². The van der Waals surface area contributed by atoms with Gasteiger partial charge in [-0.05, 0) is 37.8 Å². The van der Waals surface area contributed by atoms with Crippen LogP contribution in [0.2, 0.25) is 0 Å². The van der Waals surface area contributed by atoms with E-state index >= 15 is 0 Å². The Balaban J connectivity index is 1.74. The Morgan fingerprint density at radius 1 is 1.17 bits per heavy atom. The van der Waals surface area contributed by atoms with E-state index < -0.39 is 0 Å². The van der Waals surface area contributed by atoms with Gasteiger partial charge in [-0.2, -0.15) is 0 Å². The summed E-state index contributed by atoms with van der Waals surface area (Å²) < 4.78 is 11.0. The second kappa shape index (κ2) is 9.55. The number of aromatic nitrogens is 1. The molecule has 6 heteroatoms. The average molecular weight is 400 g/mol. The first-order chi connectivity index (χ1) is 13.8. The van der Waals surface area contributed by atoms with Gasteiger partial charge in [-0.1, -0.05) is 37.6 Å². The van der Waals surface area contributed by atoms with Crippen LogP contribution in [0.1, 0.15) is 53.8 Å². The van der Waals surface area contributed by atoms with Crippen LogP contribution in [0.15, 0.2) is 28.9 Å². The zero-order valence-electron chi connectivity index (χ0n) is 18.3. The predicted octanol–water partition coefficient (Wildman–Crippen LogP) is 3.81. The van der Waals surface area contributed by atoms with Crippen molar-refractivity contribution >= 4 is 5.91 Å². The number of amides is 1. The van der Waals surface area contributed by atoms with Gasteiger partial charge in [-0.15, -0.1) is 0 Å². The van der Waals surface area contributed by atoms with E-state index in [1.807, 2.05) is 0 Å². The fraction of sp³-hybridized carbons (Fsp3) is 0.565. The van der Waals surface area contributed by atoms with E-state index in [0.717, 1.165) is 6.54 Å². The van der Waals surface area contributed by atoms with Gasteiger partial charge in [0.1, 0.15) is 6.26 Å². The largest absolute Gasteiger partial charge is 0.447 e. The van der Waals surface area contributed by atoms with Gasteiger partial charge >= 0.3 is 0 Å². The van der Waals surface area contributed by atoms with E-state index in [1.54, 1.807) is 4.90 Å². The first-order valence-corrected chi connectivity index (χ1v) is 10.5. The van der Waals surface area contributed by atoms with Crippen molar-refractivity contribution in [1.82, 2.24) is 14.8 Å². The van der Waals surface area contributed by atoms with Crippen molar-refractivity contribution in [3.63, 3.8) is 0 Å². The summed E-state index contributed by atoms with van der Waals surface area (Å²) in [6.45, 7) is 14.7. The third-order valence-corrected chi connectivity index (χ3v) is 5.82. The lowest BCUT2D eigenvalue weighted by Gasteiger charge is -2.31. The van der Waals surface area contributed by atoms with Crippen molar-refractivity contribution in [3.8, 4) is 0 Å². The highest BCUT2D eigenvalue weighted by Crippen LogP contribution is 2.21. The molecule has 0 saturated carbocycles. The number of hydrogen-bond acceptors (Lipinski definition) is 5. The summed E-state index contributed by atoms with van der Waals surface area (Å²) >= 11 is 0. The molecular weight excluding hydrogens is 366 g/mol. The Kier molecular flexibility index (Phi) is 7.09. The molecule has 1 aliphatic heterocycles. The maximum atomic E-state index is 12.6. The fourth-order valence-electron chi connectivity index (χ4n) is 3.59.